The number of amides is 1. The molecule has 0 saturated carbocycles. The number of carbonyl (C=O) groups excluding carboxylic acids is 1. The smallest absolute Gasteiger partial charge is 0.251 e. The van der Waals surface area contributed by atoms with Gasteiger partial charge in [0.25, 0.3) is 5.91 Å². The average Bonchev–Trinajstić information content (AvgIpc) is 2.17. The van der Waals surface area contributed by atoms with E-state index < -0.39 is 16.4 Å². The molecule has 0 bridgehead atoms. The molecule has 0 aliphatic heterocycles. The summed E-state index contributed by atoms with van der Waals surface area (Å²) in [4.78, 5) is 11.5. The highest BCUT2D eigenvalue weighted by Gasteiger charge is 2.26. The van der Waals surface area contributed by atoms with Gasteiger partial charge in [0.15, 0.2) is 0 Å². The van der Waals surface area contributed by atoms with Crippen LogP contribution >= 0.6 is 0 Å². The van der Waals surface area contributed by atoms with Crippen LogP contribution in [0.4, 0.5) is 0 Å². The van der Waals surface area contributed by atoms with E-state index in [1.807, 2.05) is 6.92 Å². The Morgan fingerprint density at radius 3 is 2.47 bits per heavy atom. The standard InChI is InChI=1S/C10H21NO3S/c1-8(15(5)13)6-7-11-9(12)10(2,3)14-4/h8H,6-7H2,1-5H3,(H,11,12). The van der Waals surface area contributed by atoms with Crippen LogP contribution < -0.4 is 5.32 Å². The van der Waals surface area contributed by atoms with Crippen molar-refractivity contribution < 1.29 is 13.7 Å². The lowest BCUT2D eigenvalue weighted by molar-refractivity contribution is -0.139. The Hall–Kier alpha value is -0.420. The van der Waals surface area contributed by atoms with Gasteiger partial charge in [0, 0.05) is 36.0 Å². The number of carbonyl (C=O) groups is 1. The van der Waals surface area contributed by atoms with E-state index in [1.165, 1.54) is 7.11 Å². The number of rotatable bonds is 6. The second-order valence-electron chi connectivity index (χ2n) is 4.07. The molecule has 0 aromatic rings. The van der Waals surface area contributed by atoms with Crippen LogP contribution in [0.5, 0.6) is 0 Å². The fraction of sp³-hybridized carbons (Fsp3) is 0.900. The van der Waals surface area contributed by atoms with Gasteiger partial charge >= 0.3 is 0 Å². The van der Waals surface area contributed by atoms with Gasteiger partial charge in [-0.1, -0.05) is 6.92 Å². The summed E-state index contributed by atoms with van der Waals surface area (Å²) < 4.78 is 16.1. The fourth-order valence-corrected chi connectivity index (χ4v) is 1.31. The van der Waals surface area contributed by atoms with Crippen LogP contribution in [0.15, 0.2) is 0 Å². The van der Waals surface area contributed by atoms with Gasteiger partial charge in [-0.05, 0) is 20.3 Å². The van der Waals surface area contributed by atoms with Crippen LogP contribution in [0.2, 0.25) is 0 Å². The third-order valence-corrected chi connectivity index (χ3v) is 3.83. The molecule has 1 amide bonds. The molecule has 0 spiro atoms. The molecule has 90 valence electrons. The van der Waals surface area contributed by atoms with Crippen LogP contribution in [-0.4, -0.2) is 40.9 Å². The second kappa shape index (κ2) is 6.23. The lowest BCUT2D eigenvalue weighted by Gasteiger charge is -2.22. The van der Waals surface area contributed by atoms with E-state index in [2.05, 4.69) is 5.32 Å². The number of hydrogen-bond donors (Lipinski definition) is 1. The highest BCUT2D eigenvalue weighted by atomic mass is 32.2. The van der Waals surface area contributed by atoms with Gasteiger partial charge in [0.2, 0.25) is 0 Å². The molecule has 0 aliphatic carbocycles. The largest absolute Gasteiger partial charge is 0.369 e. The average molecular weight is 235 g/mol. The van der Waals surface area contributed by atoms with Crippen molar-refractivity contribution in [2.24, 2.45) is 0 Å². The molecule has 15 heavy (non-hydrogen) atoms. The van der Waals surface area contributed by atoms with Gasteiger partial charge in [-0.2, -0.15) is 0 Å². The van der Waals surface area contributed by atoms with Crippen molar-refractivity contribution in [3.8, 4) is 0 Å². The van der Waals surface area contributed by atoms with Gasteiger partial charge in [0.1, 0.15) is 5.60 Å². The molecule has 2 unspecified atom stereocenters. The van der Waals surface area contributed by atoms with Crippen molar-refractivity contribution >= 4 is 16.7 Å². The SMILES string of the molecule is COC(C)(C)C(=O)NCCC(C)S(C)=O. The molecule has 2 atom stereocenters. The Labute approximate surface area is 94.2 Å². The Bertz CT molecular complexity index is 241. The monoisotopic (exact) mass is 235 g/mol. The Kier molecular flexibility index (Phi) is 6.05. The molecule has 0 rings (SSSR count). The Balaban J connectivity index is 3.88. The Morgan fingerprint density at radius 1 is 1.53 bits per heavy atom. The summed E-state index contributed by atoms with van der Waals surface area (Å²) in [5, 5.41) is 2.87. The van der Waals surface area contributed by atoms with Gasteiger partial charge < -0.3 is 10.1 Å². The van der Waals surface area contributed by atoms with Crippen molar-refractivity contribution in [2.45, 2.75) is 38.0 Å². The van der Waals surface area contributed by atoms with E-state index in [-0.39, 0.29) is 11.2 Å². The summed E-state index contributed by atoms with van der Waals surface area (Å²) in [7, 11) is 0.673. The number of ether oxygens (including phenoxy) is 1. The predicted molar refractivity (Wildman–Crippen MR) is 62.2 cm³/mol. The van der Waals surface area contributed by atoms with Crippen molar-refractivity contribution in [3.63, 3.8) is 0 Å². The molecule has 4 nitrogen and oxygen atoms in total. The van der Waals surface area contributed by atoms with Gasteiger partial charge in [-0.25, -0.2) is 0 Å². The van der Waals surface area contributed by atoms with E-state index in [9.17, 15) is 9.00 Å². The molecule has 0 saturated heterocycles. The van der Waals surface area contributed by atoms with Crippen LogP contribution in [0, 0.1) is 0 Å². The summed E-state index contributed by atoms with van der Waals surface area (Å²) in [6.07, 6.45) is 2.39. The minimum Gasteiger partial charge on any atom is -0.369 e. The summed E-state index contributed by atoms with van der Waals surface area (Å²) in [6.45, 7) is 5.86. The predicted octanol–water partition coefficient (Wildman–Crippen LogP) is 0.685. The summed E-state index contributed by atoms with van der Waals surface area (Å²) >= 11 is 0. The van der Waals surface area contributed by atoms with Crippen LogP contribution in [0.1, 0.15) is 27.2 Å². The third kappa shape index (κ3) is 5.28. The zero-order valence-electron chi connectivity index (χ0n) is 10.1. The minimum absolute atomic E-state index is 0.107. The first-order chi connectivity index (χ1) is 6.81. The Morgan fingerprint density at radius 2 is 2.07 bits per heavy atom. The number of nitrogens with one attached hydrogen (secondary N) is 1. The minimum atomic E-state index is -0.831. The first-order valence-corrected chi connectivity index (χ1v) is 6.59. The first kappa shape index (κ1) is 14.6. The molecule has 5 heteroatoms. The summed E-state index contributed by atoms with van der Waals surface area (Å²) in [6, 6.07) is 0. The maximum Gasteiger partial charge on any atom is 0.251 e. The first-order valence-electron chi connectivity index (χ1n) is 4.97. The number of hydrogen-bond acceptors (Lipinski definition) is 3. The molecule has 0 fully saturated rings. The zero-order chi connectivity index (χ0) is 12.1. The van der Waals surface area contributed by atoms with Crippen LogP contribution in [0.25, 0.3) is 0 Å². The summed E-state index contributed by atoms with van der Waals surface area (Å²) in [5.74, 6) is -0.140. The van der Waals surface area contributed by atoms with Crippen molar-refractivity contribution in [1.82, 2.24) is 5.32 Å². The lowest BCUT2D eigenvalue weighted by Crippen LogP contribution is -2.44. The van der Waals surface area contributed by atoms with E-state index in [1.54, 1.807) is 20.1 Å². The number of methoxy groups -OCH3 is 1. The van der Waals surface area contributed by atoms with Crippen molar-refractivity contribution in [2.75, 3.05) is 19.9 Å². The fourth-order valence-electron chi connectivity index (χ4n) is 0.860. The highest BCUT2D eigenvalue weighted by Crippen LogP contribution is 2.07. The van der Waals surface area contributed by atoms with Crippen molar-refractivity contribution in [1.29, 1.82) is 0 Å². The molecule has 0 aliphatic rings. The van der Waals surface area contributed by atoms with E-state index in [4.69, 9.17) is 4.74 Å². The van der Waals surface area contributed by atoms with Gasteiger partial charge in [-0.3, -0.25) is 9.00 Å². The van der Waals surface area contributed by atoms with Crippen molar-refractivity contribution in [3.05, 3.63) is 0 Å². The van der Waals surface area contributed by atoms with E-state index in [0.717, 1.165) is 0 Å². The molecular formula is C10H21NO3S. The molecule has 1 N–H and O–H groups in total. The maximum absolute atomic E-state index is 11.5. The van der Waals surface area contributed by atoms with Gasteiger partial charge in [0.05, 0.1) is 0 Å². The molecule has 0 heterocycles. The third-order valence-electron chi connectivity index (χ3n) is 2.46. The molecule has 0 aromatic heterocycles. The topological polar surface area (TPSA) is 55.4 Å². The second-order valence-corrected chi connectivity index (χ2v) is 5.87. The van der Waals surface area contributed by atoms with Gasteiger partial charge in [-0.15, -0.1) is 0 Å². The quantitative estimate of drug-likeness (QED) is 0.737. The van der Waals surface area contributed by atoms with Crippen LogP contribution in [-0.2, 0) is 20.3 Å². The maximum atomic E-state index is 11.5. The molecule has 0 aromatic carbocycles. The molecule has 0 radical (unpaired) electrons. The van der Waals surface area contributed by atoms with E-state index in [0.29, 0.717) is 13.0 Å². The summed E-state index contributed by atoms with van der Waals surface area (Å²) in [5.41, 5.74) is -0.797. The molecular weight excluding hydrogens is 214 g/mol. The highest BCUT2D eigenvalue weighted by molar-refractivity contribution is 7.84. The zero-order valence-corrected chi connectivity index (χ0v) is 10.9. The van der Waals surface area contributed by atoms with Crippen LogP contribution in [0.3, 0.4) is 0 Å². The van der Waals surface area contributed by atoms with E-state index >= 15 is 0 Å². The lowest BCUT2D eigenvalue weighted by atomic mass is 10.1. The normalized spacial score (nSPS) is 15.8.